The Morgan fingerprint density at radius 3 is 2.28 bits per heavy atom. The molecule has 2 amide bonds. The number of hydrogen-bond donors (Lipinski definition) is 1. The van der Waals surface area contributed by atoms with Gasteiger partial charge < -0.3 is 15.1 Å². The molecule has 3 fully saturated rings. The number of alkyl halides is 3. The van der Waals surface area contributed by atoms with Crippen LogP contribution in [0.2, 0.25) is 0 Å². The molecule has 0 unspecified atom stereocenters. The minimum atomic E-state index is -4.09. The Morgan fingerprint density at radius 1 is 1.05 bits per heavy atom. The average Bonchev–Trinajstić information content (AvgIpc) is 3.29. The summed E-state index contributed by atoms with van der Waals surface area (Å²) in [5, 5.41) is 5.12. The van der Waals surface area contributed by atoms with Crippen molar-refractivity contribution in [2.24, 2.45) is 16.8 Å². The van der Waals surface area contributed by atoms with Crippen LogP contribution in [0.15, 0.2) is 22.5 Å². The minimum Gasteiger partial charge on any atom is -0.336 e. The average molecular weight is 620 g/mol. The normalized spacial score (nSPS) is 25.4. The lowest BCUT2D eigenvalue weighted by molar-refractivity contribution is -0.138. The summed E-state index contributed by atoms with van der Waals surface area (Å²) in [5.41, 5.74) is 3.29. The molecule has 0 aromatic heterocycles. The standard InChI is InChI=1S/C32H44F3N5O2S/c1-22-20-26(29(41)39-17-15-38(3)16-18-39)21-23(2)27(22)9-19-43-40-13-11-31(12-14-40)30(42)36-28(37-31)25-6-4-24(5-7-25)8-10-32(33,34)35/h9,19-21,24-25H,4-8,10-18H2,1-3H3,(H,36,37,42)/b19-9+. The largest absolute Gasteiger partial charge is 0.389 e. The zero-order chi connectivity index (χ0) is 30.8. The van der Waals surface area contributed by atoms with E-state index in [1.54, 1.807) is 11.9 Å². The lowest BCUT2D eigenvalue weighted by Gasteiger charge is -2.34. The fourth-order valence-electron chi connectivity index (χ4n) is 6.87. The van der Waals surface area contributed by atoms with E-state index in [0.717, 1.165) is 93.0 Å². The summed E-state index contributed by atoms with van der Waals surface area (Å²) in [5.74, 6) is 1.06. The molecule has 2 saturated heterocycles. The maximum absolute atomic E-state index is 13.1. The van der Waals surface area contributed by atoms with Crippen molar-refractivity contribution in [2.75, 3.05) is 46.3 Å². The smallest absolute Gasteiger partial charge is 0.336 e. The lowest BCUT2D eigenvalue weighted by atomic mass is 9.79. The Hall–Kier alpha value is -2.37. The highest BCUT2D eigenvalue weighted by Crippen LogP contribution is 2.38. The van der Waals surface area contributed by atoms with Crippen molar-refractivity contribution < 1.29 is 22.8 Å². The van der Waals surface area contributed by atoms with Crippen LogP contribution < -0.4 is 5.32 Å². The van der Waals surface area contributed by atoms with Crippen LogP contribution >= 0.6 is 11.9 Å². The number of hydrogen-bond acceptors (Lipinski definition) is 6. The van der Waals surface area contributed by atoms with E-state index in [4.69, 9.17) is 4.99 Å². The zero-order valence-electron chi connectivity index (χ0n) is 25.5. The number of halogens is 3. The number of aryl methyl sites for hydroxylation is 2. The molecule has 1 N–H and O–H groups in total. The molecule has 236 valence electrons. The molecule has 1 aromatic carbocycles. The van der Waals surface area contributed by atoms with Crippen LogP contribution in [0.3, 0.4) is 0 Å². The van der Waals surface area contributed by atoms with Gasteiger partial charge in [0.25, 0.3) is 11.8 Å². The van der Waals surface area contributed by atoms with Gasteiger partial charge in [-0.3, -0.25) is 14.6 Å². The Morgan fingerprint density at radius 2 is 1.67 bits per heavy atom. The number of carbonyl (C=O) groups is 2. The molecule has 11 heteroatoms. The quantitative estimate of drug-likeness (QED) is 0.390. The topological polar surface area (TPSA) is 68.2 Å². The summed E-state index contributed by atoms with van der Waals surface area (Å²) < 4.78 is 40.0. The predicted molar refractivity (Wildman–Crippen MR) is 166 cm³/mol. The molecular formula is C32H44F3N5O2S. The highest BCUT2D eigenvalue weighted by Gasteiger charge is 2.47. The lowest BCUT2D eigenvalue weighted by Crippen LogP contribution is -2.47. The molecule has 4 aliphatic rings. The number of amides is 2. The maximum atomic E-state index is 13.1. The van der Waals surface area contributed by atoms with E-state index in [1.807, 2.05) is 30.9 Å². The maximum Gasteiger partial charge on any atom is 0.389 e. The number of piperidine rings is 1. The van der Waals surface area contributed by atoms with Crippen molar-refractivity contribution in [3.8, 4) is 0 Å². The molecule has 1 spiro atoms. The van der Waals surface area contributed by atoms with Crippen molar-refractivity contribution in [1.29, 1.82) is 0 Å². The second-order valence-corrected chi connectivity index (χ2v) is 13.8. The van der Waals surface area contributed by atoms with Crippen molar-refractivity contribution >= 4 is 35.7 Å². The Kier molecular flexibility index (Phi) is 9.92. The highest BCUT2D eigenvalue weighted by molar-refractivity contribution is 8.00. The van der Waals surface area contributed by atoms with Crippen LogP contribution in [0, 0.1) is 25.7 Å². The van der Waals surface area contributed by atoms with Crippen molar-refractivity contribution in [3.05, 3.63) is 39.8 Å². The van der Waals surface area contributed by atoms with Crippen LogP contribution in [-0.2, 0) is 4.79 Å². The Labute approximate surface area is 257 Å². The first-order chi connectivity index (χ1) is 20.4. The van der Waals surface area contributed by atoms with Gasteiger partial charge in [-0.25, -0.2) is 4.31 Å². The molecule has 0 bridgehead atoms. The van der Waals surface area contributed by atoms with E-state index in [0.29, 0.717) is 12.8 Å². The van der Waals surface area contributed by atoms with E-state index in [9.17, 15) is 22.8 Å². The van der Waals surface area contributed by atoms with Crippen LogP contribution in [0.4, 0.5) is 13.2 Å². The fourth-order valence-corrected chi connectivity index (χ4v) is 7.63. The van der Waals surface area contributed by atoms with Crippen LogP contribution in [0.1, 0.15) is 78.4 Å². The number of likely N-dealkylation sites (N-methyl/N-ethyl adjacent to an activating group) is 1. The van der Waals surface area contributed by atoms with Gasteiger partial charge in [0.1, 0.15) is 11.4 Å². The Bertz CT molecular complexity index is 1220. The van der Waals surface area contributed by atoms with E-state index < -0.39 is 18.1 Å². The van der Waals surface area contributed by atoms with Crippen LogP contribution in [0.25, 0.3) is 6.08 Å². The van der Waals surface area contributed by atoms with Crippen molar-refractivity contribution in [3.63, 3.8) is 0 Å². The molecule has 5 rings (SSSR count). The van der Waals surface area contributed by atoms with Gasteiger partial charge in [-0.15, -0.1) is 0 Å². The van der Waals surface area contributed by atoms with Crippen LogP contribution in [-0.4, -0.2) is 89.8 Å². The molecular weight excluding hydrogens is 575 g/mol. The third kappa shape index (κ3) is 7.84. The number of nitrogens with one attached hydrogen (secondary N) is 1. The van der Waals surface area contributed by atoms with E-state index in [1.165, 1.54) is 0 Å². The van der Waals surface area contributed by atoms with Crippen LogP contribution in [0.5, 0.6) is 0 Å². The number of rotatable bonds is 7. The third-order valence-corrected chi connectivity index (χ3v) is 10.6. The van der Waals surface area contributed by atoms with E-state index >= 15 is 0 Å². The number of aliphatic imine (C=N–C) groups is 1. The molecule has 0 radical (unpaired) electrons. The van der Waals surface area contributed by atoms with Gasteiger partial charge in [0.2, 0.25) is 0 Å². The monoisotopic (exact) mass is 619 g/mol. The first-order valence-corrected chi connectivity index (χ1v) is 16.4. The summed E-state index contributed by atoms with van der Waals surface area (Å²) in [4.78, 5) is 35.2. The highest BCUT2D eigenvalue weighted by atomic mass is 32.2. The molecule has 1 aliphatic carbocycles. The SMILES string of the molecule is Cc1cc(C(=O)N2CCN(C)CC2)cc(C)c1/C=C/SN1CCC2(CC1)N=C(C1CCC(CCC(F)(F)F)CC1)NC2=O. The van der Waals surface area contributed by atoms with E-state index in [-0.39, 0.29) is 30.1 Å². The fraction of sp³-hybridized carbons (Fsp3) is 0.656. The summed E-state index contributed by atoms with van der Waals surface area (Å²) in [7, 11) is 2.08. The number of carbonyl (C=O) groups excluding carboxylic acids is 2. The Balaban J connectivity index is 1.11. The summed E-state index contributed by atoms with van der Waals surface area (Å²) in [6, 6.07) is 3.98. The number of nitrogens with zero attached hydrogens (tertiary/aromatic N) is 4. The van der Waals surface area contributed by atoms with Crippen molar-refractivity contribution in [1.82, 2.24) is 19.4 Å². The second kappa shape index (κ2) is 13.3. The number of piperazine rings is 1. The van der Waals surface area contributed by atoms with Gasteiger partial charge in [-0.05, 0) is 112 Å². The number of amidine groups is 1. The zero-order valence-corrected chi connectivity index (χ0v) is 26.3. The van der Waals surface area contributed by atoms with Gasteiger partial charge in [-0.1, -0.05) is 11.9 Å². The molecule has 7 nitrogen and oxygen atoms in total. The first-order valence-electron chi connectivity index (χ1n) is 15.6. The van der Waals surface area contributed by atoms with Crippen molar-refractivity contribution in [2.45, 2.75) is 76.9 Å². The summed E-state index contributed by atoms with van der Waals surface area (Å²) in [6.07, 6.45) is 1.87. The summed E-state index contributed by atoms with van der Waals surface area (Å²) in [6.45, 7) is 8.88. The number of benzene rings is 1. The first kappa shape index (κ1) is 32.0. The molecule has 0 atom stereocenters. The van der Waals surface area contributed by atoms with Gasteiger partial charge in [-0.2, -0.15) is 13.2 Å². The predicted octanol–water partition coefficient (Wildman–Crippen LogP) is 5.82. The van der Waals surface area contributed by atoms with Gasteiger partial charge in [0.15, 0.2) is 0 Å². The summed E-state index contributed by atoms with van der Waals surface area (Å²) >= 11 is 1.63. The van der Waals surface area contributed by atoms with Gasteiger partial charge in [0, 0.05) is 57.2 Å². The van der Waals surface area contributed by atoms with E-state index in [2.05, 4.69) is 33.1 Å². The third-order valence-electron chi connectivity index (χ3n) is 9.69. The molecule has 3 aliphatic heterocycles. The molecule has 3 heterocycles. The minimum absolute atomic E-state index is 0.0284. The molecule has 43 heavy (non-hydrogen) atoms. The molecule has 1 saturated carbocycles. The second-order valence-electron chi connectivity index (χ2n) is 12.8. The molecule has 1 aromatic rings. The van der Waals surface area contributed by atoms with Gasteiger partial charge in [0.05, 0.1) is 0 Å². The van der Waals surface area contributed by atoms with Gasteiger partial charge >= 0.3 is 6.18 Å².